The van der Waals surface area contributed by atoms with E-state index < -0.39 is 5.91 Å². The molecule has 31 heavy (non-hydrogen) atoms. The van der Waals surface area contributed by atoms with Gasteiger partial charge in [0.25, 0.3) is 11.8 Å². The standard InChI is InChI=1S/C22H21BrN6O2/c1-25-20(15(11-24)22(31)28-8-5-9-28)21(30)27-17-10-19-26-18(13-29(19)12-16(17)23)14-6-3-2-4-7-14/h2-4,6-7,10-13,24-25H,5,8-9H2,1H3,(H,27,30)/b20-15+,24-11?. The van der Waals surface area contributed by atoms with E-state index in [1.165, 1.54) is 0 Å². The van der Waals surface area contributed by atoms with Gasteiger partial charge in [-0.05, 0) is 22.4 Å². The van der Waals surface area contributed by atoms with E-state index in [1.807, 2.05) is 47.1 Å². The third-order valence-electron chi connectivity index (χ3n) is 5.13. The molecule has 8 nitrogen and oxygen atoms in total. The summed E-state index contributed by atoms with van der Waals surface area (Å²) in [6, 6.07) is 11.6. The molecule has 9 heteroatoms. The molecule has 1 aliphatic rings. The molecule has 0 spiro atoms. The van der Waals surface area contributed by atoms with Crippen LogP contribution in [0, 0.1) is 5.41 Å². The molecule has 4 rings (SSSR count). The second-order valence-corrected chi connectivity index (χ2v) is 7.93. The number of pyridine rings is 1. The number of nitrogens with one attached hydrogen (secondary N) is 3. The van der Waals surface area contributed by atoms with Crippen molar-refractivity contribution in [1.82, 2.24) is 19.6 Å². The van der Waals surface area contributed by atoms with Gasteiger partial charge in [-0.25, -0.2) is 4.98 Å². The van der Waals surface area contributed by atoms with Crippen LogP contribution in [0.5, 0.6) is 0 Å². The SMILES string of the molecule is CN/C(C(=O)Nc1cc2nc(-c3ccccc3)cn2cc1Br)=C(\C=N)C(=O)N1CCC1. The number of fused-ring (bicyclic) bond motifs is 1. The number of anilines is 1. The Balaban J connectivity index is 1.64. The molecule has 0 bridgehead atoms. The summed E-state index contributed by atoms with van der Waals surface area (Å²) in [6.45, 7) is 1.28. The highest BCUT2D eigenvalue weighted by Crippen LogP contribution is 2.27. The van der Waals surface area contributed by atoms with E-state index in [2.05, 4.69) is 31.5 Å². The normalized spacial score (nSPS) is 13.9. The van der Waals surface area contributed by atoms with Crippen molar-refractivity contribution < 1.29 is 9.59 Å². The number of likely N-dealkylation sites (tertiary alicyclic amines) is 1. The second-order valence-electron chi connectivity index (χ2n) is 7.08. The molecule has 3 aromatic rings. The minimum Gasteiger partial charge on any atom is -0.383 e. The molecular weight excluding hydrogens is 460 g/mol. The summed E-state index contributed by atoms with van der Waals surface area (Å²) in [4.78, 5) is 31.8. The first-order valence-corrected chi connectivity index (χ1v) is 10.6. The fourth-order valence-electron chi connectivity index (χ4n) is 3.34. The number of benzene rings is 1. The molecule has 1 saturated heterocycles. The van der Waals surface area contributed by atoms with Gasteiger partial charge in [0.2, 0.25) is 0 Å². The van der Waals surface area contributed by atoms with Crippen LogP contribution in [0.1, 0.15) is 6.42 Å². The van der Waals surface area contributed by atoms with Crippen molar-refractivity contribution in [3.63, 3.8) is 0 Å². The summed E-state index contributed by atoms with van der Waals surface area (Å²) in [5.74, 6) is -0.828. The van der Waals surface area contributed by atoms with Crippen molar-refractivity contribution in [2.75, 3.05) is 25.5 Å². The third kappa shape index (κ3) is 4.09. The van der Waals surface area contributed by atoms with Crippen LogP contribution in [0.3, 0.4) is 0 Å². The summed E-state index contributed by atoms with van der Waals surface area (Å²) in [6.07, 6.45) is 5.58. The van der Waals surface area contributed by atoms with Gasteiger partial charge in [0.1, 0.15) is 11.3 Å². The number of amides is 2. The molecule has 1 aromatic carbocycles. The molecule has 2 amide bonds. The number of hydrogen-bond acceptors (Lipinski definition) is 5. The number of rotatable bonds is 6. The van der Waals surface area contributed by atoms with Gasteiger partial charge in [-0.2, -0.15) is 0 Å². The molecule has 1 fully saturated rings. The maximum Gasteiger partial charge on any atom is 0.272 e. The number of nitrogens with zero attached hydrogens (tertiary/aromatic N) is 3. The Morgan fingerprint density at radius 1 is 1.19 bits per heavy atom. The summed E-state index contributed by atoms with van der Waals surface area (Å²) in [5.41, 5.74) is 3.06. The van der Waals surface area contributed by atoms with Gasteiger partial charge in [0, 0.05) is 50.4 Å². The minimum absolute atomic E-state index is 0.0316. The Labute approximate surface area is 187 Å². The fourth-order valence-corrected chi connectivity index (χ4v) is 3.77. The van der Waals surface area contributed by atoms with E-state index in [4.69, 9.17) is 5.41 Å². The van der Waals surface area contributed by atoms with Gasteiger partial charge in [0.05, 0.1) is 21.4 Å². The lowest BCUT2D eigenvalue weighted by Crippen LogP contribution is -2.44. The molecule has 0 saturated carbocycles. The summed E-state index contributed by atoms with van der Waals surface area (Å²) in [7, 11) is 1.56. The van der Waals surface area contributed by atoms with Gasteiger partial charge in [0.15, 0.2) is 0 Å². The number of likely N-dealkylation sites (N-methyl/N-ethyl adjacent to an activating group) is 1. The molecule has 3 heterocycles. The van der Waals surface area contributed by atoms with E-state index in [0.29, 0.717) is 28.9 Å². The first-order valence-electron chi connectivity index (χ1n) is 9.78. The lowest BCUT2D eigenvalue weighted by atomic mass is 10.1. The second kappa shape index (κ2) is 8.73. The number of carbonyl (C=O) groups excluding carboxylic acids is 2. The van der Waals surface area contributed by atoms with Gasteiger partial charge >= 0.3 is 0 Å². The van der Waals surface area contributed by atoms with Gasteiger partial charge in [-0.3, -0.25) is 9.59 Å². The highest BCUT2D eigenvalue weighted by atomic mass is 79.9. The zero-order chi connectivity index (χ0) is 22.0. The number of imidazole rings is 1. The van der Waals surface area contributed by atoms with Gasteiger partial charge in [-0.1, -0.05) is 30.3 Å². The number of hydrogen-bond donors (Lipinski definition) is 3. The molecule has 158 valence electrons. The zero-order valence-electron chi connectivity index (χ0n) is 16.9. The number of carbonyl (C=O) groups is 2. The van der Waals surface area contributed by atoms with Crippen LogP contribution >= 0.6 is 15.9 Å². The van der Waals surface area contributed by atoms with E-state index in [9.17, 15) is 9.59 Å². The van der Waals surface area contributed by atoms with Crippen LogP contribution in [-0.2, 0) is 9.59 Å². The van der Waals surface area contributed by atoms with Gasteiger partial charge < -0.3 is 25.3 Å². The van der Waals surface area contributed by atoms with Crippen molar-refractivity contribution in [2.24, 2.45) is 0 Å². The van der Waals surface area contributed by atoms with Gasteiger partial charge in [-0.15, -0.1) is 0 Å². The lowest BCUT2D eigenvalue weighted by Gasteiger charge is -2.31. The van der Waals surface area contributed by atoms with E-state index in [-0.39, 0.29) is 17.2 Å². The topological polar surface area (TPSA) is 103 Å². The molecule has 2 aromatic heterocycles. The molecule has 3 N–H and O–H groups in total. The van der Waals surface area contributed by atoms with E-state index >= 15 is 0 Å². The molecule has 0 aliphatic carbocycles. The van der Waals surface area contributed by atoms with E-state index in [0.717, 1.165) is 23.9 Å². The Morgan fingerprint density at radius 3 is 2.55 bits per heavy atom. The first-order chi connectivity index (χ1) is 15.0. The smallest absolute Gasteiger partial charge is 0.272 e. The predicted molar refractivity (Wildman–Crippen MR) is 123 cm³/mol. The fraction of sp³-hybridized carbons (Fsp3) is 0.182. The van der Waals surface area contributed by atoms with Crippen LogP contribution in [0.4, 0.5) is 5.69 Å². The van der Waals surface area contributed by atoms with Crippen LogP contribution in [-0.4, -0.2) is 52.5 Å². The average Bonchev–Trinajstić information content (AvgIpc) is 3.14. The van der Waals surface area contributed by atoms with E-state index in [1.54, 1.807) is 18.0 Å². The van der Waals surface area contributed by atoms with Crippen molar-refractivity contribution in [3.05, 3.63) is 64.5 Å². The van der Waals surface area contributed by atoms with Crippen molar-refractivity contribution >= 4 is 45.3 Å². The quantitative estimate of drug-likeness (QED) is 0.372. The lowest BCUT2D eigenvalue weighted by molar-refractivity contribution is -0.130. The minimum atomic E-state index is -0.505. The third-order valence-corrected chi connectivity index (χ3v) is 5.76. The molecule has 1 aliphatic heterocycles. The maximum atomic E-state index is 12.9. The molecule has 0 unspecified atom stereocenters. The van der Waals surface area contributed by atoms with Crippen LogP contribution < -0.4 is 10.6 Å². The average molecular weight is 481 g/mol. The Bertz CT molecular complexity index is 1200. The maximum absolute atomic E-state index is 12.9. The van der Waals surface area contributed by atoms with Crippen LogP contribution in [0.15, 0.2) is 64.5 Å². The highest BCUT2D eigenvalue weighted by Gasteiger charge is 2.27. The number of aromatic nitrogens is 2. The summed E-state index contributed by atoms with van der Waals surface area (Å²) < 4.78 is 2.53. The van der Waals surface area contributed by atoms with Crippen molar-refractivity contribution in [1.29, 1.82) is 5.41 Å². The Morgan fingerprint density at radius 2 is 1.94 bits per heavy atom. The monoisotopic (exact) mass is 480 g/mol. The number of halogens is 1. The Hall–Kier alpha value is -3.46. The summed E-state index contributed by atoms with van der Waals surface area (Å²) in [5, 5.41) is 13.2. The highest BCUT2D eigenvalue weighted by molar-refractivity contribution is 9.10. The van der Waals surface area contributed by atoms with Crippen molar-refractivity contribution in [3.8, 4) is 11.3 Å². The predicted octanol–water partition coefficient (Wildman–Crippen LogP) is 3.06. The Kier molecular flexibility index (Phi) is 5.85. The molecule has 0 atom stereocenters. The van der Waals surface area contributed by atoms with Crippen LogP contribution in [0.25, 0.3) is 16.9 Å². The molecular formula is C22H21BrN6O2. The van der Waals surface area contributed by atoms with Crippen LogP contribution in [0.2, 0.25) is 0 Å². The summed E-state index contributed by atoms with van der Waals surface area (Å²) >= 11 is 3.49. The molecule has 0 radical (unpaired) electrons. The van der Waals surface area contributed by atoms with Crippen molar-refractivity contribution in [2.45, 2.75) is 6.42 Å². The first kappa shape index (κ1) is 20.8. The zero-order valence-corrected chi connectivity index (χ0v) is 18.4. The largest absolute Gasteiger partial charge is 0.383 e.